The number of hydrogen-bond donors (Lipinski definition) is 0. The van der Waals surface area contributed by atoms with Gasteiger partial charge in [-0.1, -0.05) is 233 Å². The van der Waals surface area contributed by atoms with Crippen LogP contribution in [0.25, 0.3) is 105 Å². The molecule has 0 aliphatic heterocycles. The van der Waals surface area contributed by atoms with Gasteiger partial charge in [-0.25, -0.2) is 9.98 Å². The number of para-hydroxylation sites is 1. The minimum absolute atomic E-state index is 0.131. The Bertz CT molecular complexity index is 5270. The molecule has 0 amide bonds. The standard InChI is InChI=1S/C82H56N4/c1-5-74(53-26-11-7-12-27-53)84-80(83-51(2)52-24-9-6-10-25-52)56-28-23-31-58(46-56)86-76-45-41-54(55-40-44-75-66(48-55)67-49-64-61-34-15-19-36-68(61)81(3,4)73(64)50-77(67)85(75)57-29-13-8-14-30-57)47-65(76)62-42-43-72-78(79(62)86)63-35-18-22-39-71(63)82(72)69-37-20-16-32-59(69)60-33-17-21-38-70(60)82/h6-50H,1H2,2-4H3/b83-51+,84-80-. The van der Waals surface area contributed by atoms with E-state index in [1.165, 1.54) is 99.3 Å². The maximum absolute atomic E-state index is 5.36. The van der Waals surface area contributed by atoms with Crippen molar-refractivity contribution < 1.29 is 0 Å². The Kier molecular flexibility index (Phi) is 10.9. The third-order valence-corrected chi connectivity index (χ3v) is 19.0. The lowest BCUT2D eigenvalue weighted by atomic mass is 9.70. The molecule has 2 aromatic heterocycles. The number of aliphatic imine (C=N–C) groups is 2. The molecule has 4 heteroatoms. The molecule has 0 bridgehead atoms. The molecule has 0 saturated carbocycles. The number of rotatable bonds is 7. The number of hydrogen-bond acceptors (Lipinski definition) is 1. The van der Waals surface area contributed by atoms with Gasteiger partial charge in [-0.3, -0.25) is 0 Å². The Morgan fingerprint density at radius 1 is 0.372 bits per heavy atom. The van der Waals surface area contributed by atoms with Crippen LogP contribution in [0.4, 0.5) is 0 Å². The molecule has 2 heterocycles. The Balaban J connectivity index is 0.923. The monoisotopic (exact) mass is 1100 g/mol. The molecule has 86 heavy (non-hydrogen) atoms. The Morgan fingerprint density at radius 2 is 0.884 bits per heavy atom. The molecule has 4 nitrogen and oxygen atoms in total. The van der Waals surface area contributed by atoms with Crippen molar-refractivity contribution in [3.63, 3.8) is 0 Å². The number of aromatic nitrogens is 2. The van der Waals surface area contributed by atoms with Crippen molar-refractivity contribution in [2.75, 3.05) is 0 Å². The van der Waals surface area contributed by atoms with Crippen LogP contribution in [0.15, 0.2) is 295 Å². The Hall–Kier alpha value is -10.9. The minimum atomic E-state index is -0.526. The molecule has 0 atom stereocenters. The summed E-state index contributed by atoms with van der Waals surface area (Å²) in [5.41, 5.74) is 31.6. The summed E-state index contributed by atoms with van der Waals surface area (Å²) in [6, 6.07) is 100. The van der Waals surface area contributed by atoms with Crippen molar-refractivity contribution in [3.8, 4) is 55.9 Å². The largest absolute Gasteiger partial charge is 0.309 e. The highest BCUT2D eigenvalue weighted by Gasteiger charge is 2.52. The molecule has 0 saturated heterocycles. The fourth-order valence-electron chi connectivity index (χ4n) is 15.1. The average Bonchev–Trinajstić information content (AvgIpc) is 1.51. The average molecular weight is 1100 g/mol. The van der Waals surface area contributed by atoms with E-state index in [2.05, 4.69) is 279 Å². The molecule has 0 unspecified atom stereocenters. The third-order valence-electron chi connectivity index (χ3n) is 19.0. The highest BCUT2D eigenvalue weighted by Crippen LogP contribution is 2.64. The second kappa shape index (κ2) is 18.8. The lowest BCUT2D eigenvalue weighted by Gasteiger charge is -2.30. The van der Waals surface area contributed by atoms with Crippen molar-refractivity contribution in [1.82, 2.24) is 9.13 Å². The van der Waals surface area contributed by atoms with Gasteiger partial charge < -0.3 is 9.13 Å². The molecule has 17 rings (SSSR count). The first-order valence-corrected chi connectivity index (χ1v) is 29.7. The SMILES string of the molecule is C=C=C(/N=C(\N=C(/C)c1ccccc1)c1cccc(-n2c3ccc(-c4ccc5c(c4)c4cc6c(cc4n5-c4ccccc4)C(C)(C)c4ccccc4-6)cc3c3ccc4c(c32)-c2ccccc2C42c3ccccc3-c3ccccc32)c1)c1ccccc1. The quantitative estimate of drug-likeness (QED) is 0.0866. The normalized spacial score (nSPS) is 14.1. The predicted molar refractivity (Wildman–Crippen MR) is 359 cm³/mol. The van der Waals surface area contributed by atoms with Gasteiger partial charge in [0.2, 0.25) is 0 Å². The number of nitrogens with zero attached hydrogens (tertiary/aromatic N) is 4. The maximum atomic E-state index is 5.36. The van der Waals surface area contributed by atoms with Crippen LogP contribution in [0.1, 0.15) is 70.8 Å². The van der Waals surface area contributed by atoms with Crippen LogP contribution in [0.2, 0.25) is 0 Å². The van der Waals surface area contributed by atoms with E-state index in [4.69, 9.17) is 9.98 Å². The maximum Gasteiger partial charge on any atom is 0.160 e. The van der Waals surface area contributed by atoms with E-state index in [0.29, 0.717) is 11.5 Å². The minimum Gasteiger partial charge on any atom is -0.309 e. The summed E-state index contributed by atoms with van der Waals surface area (Å²) in [6.45, 7) is 10.9. The van der Waals surface area contributed by atoms with Crippen LogP contribution in [0, 0.1) is 0 Å². The summed E-state index contributed by atoms with van der Waals surface area (Å²) in [5, 5.41) is 4.83. The third kappa shape index (κ3) is 7.05. The van der Waals surface area contributed by atoms with E-state index < -0.39 is 5.41 Å². The lowest BCUT2D eigenvalue weighted by Crippen LogP contribution is -2.25. The van der Waals surface area contributed by atoms with Crippen molar-refractivity contribution in [3.05, 3.63) is 335 Å². The fraction of sp³-hybridized carbons (Fsp3) is 0.0610. The highest BCUT2D eigenvalue weighted by molar-refractivity contribution is 6.19. The second-order valence-corrected chi connectivity index (χ2v) is 23.8. The fourth-order valence-corrected chi connectivity index (χ4v) is 15.1. The first-order valence-electron chi connectivity index (χ1n) is 29.7. The van der Waals surface area contributed by atoms with Crippen LogP contribution in [0.5, 0.6) is 0 Å². The van der Waals surface area contributed by atoms with Crippen LogP contribution in [0.3, 0.4) is 0 Å². The zero-order valence-corrected chi connectivity index (χ0v) is 48.0. The topological polar surface area (TPSA) is 34.6 Å². The van der Waals surface area contributed by atoms with Gasteiger partial charge in [0, 0.05) is 60.7 Å². The van der Waals surface area contributed by atoms with Gasteiger partial charge in [0.25, 0.3) is 0 Å². The van der Waals surface area contributed by atoms with Gasteiger partial charge in [0.05, 0.1) is 27.5 Å². The molecule has 3 aliphatic carbocycles. The second-order valence-electron chi connectivity index (χ2n) is 23.8. The van der Waals surface area contributed by atoms with E-state index in [0.717, 1.165) is 55.9 Å². The van der Waals surface area contributed by atoms with E-state index in [1.807, 2.05) is 36.4 Å². The van der Waals surface area contributed by atoms with Gasteiger partial charge in [-0.2, -0.15) is 0 Å². The summed E-state index contributed by atoms with van der Waals surface area (Å²) in [5.74, 6) is 0.571. The number of fused-ring (bicyclic) bond motifs is 20. The van der Waals surface area contributed by atoms with Gasteiger partial charge >= 0.3 is 0 Å². The number of amidine groups is 1. The summed E-state index contributed by atoms with van der Waals surface area (Å²) in [4.78, 5) is 10.7. The van der Waals surface area contributed by atoms with Crippen LogP contribution < -0.4 is 0 Å². The van der Waals surface area contributed by atoms with Crippen LogP contribution >= 0.6 is 0 Å². The van der Waals surface area contributed by atoms with Gasteiger partial charge in [0.1, 0.15) is 5.70 Å². The van der Waals surface area contributed by atoms with E-state index in [1.54, 1.807) is 0 Å². The predicted octanol–water partition coefficient (Wildman–Crippen LogP) is 20.3. The van der Waals surface area contributed by atoms with Gasteiger partial charge in [-0.05, 0) is 145 Å². The summed E-state index contributed by atoms with van der Waals surface area (Å²) in [6.07, 6.45) is 0. The molecule has 0 fully saturated rings. The van der Waals surface area contributed by atoms with Crippen LogP contribution in [-0.4, -0.2) is 20.7 Å². The smallest absolute Gasteiger partial charge is 0.160 e. The molecular formula is C82H56N4. The van der Waals surface area contributed by atoms with E-state index in [-0.39, 0.29) is 5.41 Å². The Labute approximate surface area is 500 Å². The van der Waals surface area contributed by atoms with E-state index in [9.17, 15) is 0 Å². The molecule has 0 radical (unpaired) electrons. The summed E-state index contributed by atoms with van der Waals surface area (Å²) >= 11 is 0. The molecule has 1 spiro atoms. The summed E-state index contributed by atoms with van der Waals surface area (Å²) < 4.78 is 4.98. The Morgan fingerprint density at radius 3 is 1.53 bits per heavy atom. The molecular weight excluding hydrogens is 1040 g/mol. The zero-order valence-electron chi connectivity index (χ0n) is 48.0. The van der Waals surface area contributed by atoms with Gasteiger partial charge in [0.15, 0.2) is 5.84 Å². The molecule has 14 aromatic rings. The lowest BCUT2D eigenvalue weighted by molar-refractivity contribution is 0.661. The van der Waals surface area contributed by atoms with Crippen LogP contribution in [-0.2, 0) is 10.8 Å². The molecule has 0 N–H and O–H groups in total. The van der Waals surface area contributed by atoms with Crippen molar-refractivity contribution in [2.45, 2.75) is 31.6 Å². The number of benzene rings is 12. The van der Waals surface area contributed by atoms with Crippen molar-refractivity contribution >= 4 is 60.9 Å². The van der Waals surface area contributed by atoms with Crippen molar-refractivity contribution in [2.24, 2.45) is 9.98 Å². The molecule has 12 aromatic carbocycles. The van der Waals surface area contributed by atoms with E-state index >= 15 is 0 Å². The summed E-state index contributed by atoms with van der Waals surface area (Å²) in [7, 11) is 0. The molecule has 404 valence electrons. The van der Waals surface area contributed by atoms with Crippen molar-refractivity contribution in [1.29, 1.82) is 0 Å². The zero-order chi connectivity index (χ0) is 57.4. The highest BCUT2D eigenvalue weighted by atomic mass is 15.0. The molecule has 3 aliphatic rings. The first kappa shape index (κ1) is 49.7. The first-order chi connectivity index (χ1) is 42.3. The van der Waals surface area contributed by atoms with Gasteiger partial charge in [-0.15, -0.1) is 5.73 Å².